The minimum Gasteiger partial charge on any atom is -0.347 e. The van der Waals surface area contributed by atoms with Crippen LogP contribution < -0.4 is 5.73 Å². The van der Waals surface area contributed by atoms with Crippen LogP contribution in [-0.4, -0.2) is 54.8 Å². The zero-order chi connectivity index (χ0) is 13.1. The summed E-state index contributed by atoms with van der Waals surface area (Å²) in [5, 5.41) is 0. The van der Waals surface area contributed by atoms with Crippen molar-refractivity contribution in [3.63, 3.8) is 0 Å². The Bertz CT molecular complexity index is 296. The van der Waals surface area contributed by atoms with Gasteiger partial charge in [-0.3, -0.25) is 9.59 Å². The van der Waals surface area contributed by atoms with Crippen LogP contribution >= 0.6 is 0 Å². The number of amides is 2. The van der Waals surface area contributed by atoms with Crippen molar-refractivity contribution in [2.75, 3.05) is 27.7 Å². The highest BCUT2D eigenvalue weighted by Crippen LogP contribution is 2.27. The van der Waals surface area contributed by atoms with E-state index in [-0.39, 0.29) is 18.4 Å². The van der Waals surface area contributed by atoms with E-state index in [4.69, 9.17) is 5.73 Å². The molecule has 1 aliphatic rings. The number of hydrogen-bond donors (Lipinski definition) is 1. The van der Waals surface area contributed by atoms with Crippen molar-refractivity contribution in [3.05, 3.63) is 0 Å². The SMILES string of the molecule is CN(C)C(=O)CN(C)C(=O)C1(N)CCCCC1. The quantitative estimate of drug-likeness (QED) is 0.767. The number of carbonyl (C=O) groups is 2. The second-order valence-electron chi connectivity index (χ2n) is 5.17. The summed E-state index contributed by atoms with van der Waals surface area (Å²) in [4.78, 5) is 26.7. The second-order valence-corrected chi connectivity index (χ2v) is 5.17. The van der Waals surface area contributed by atoms with Gasteiger partial charge < -0.3 is 15.5 Å². The minimum absolute atomic E-state index is 0.0831. The van der Waals surface area contributed by atoms with Crippen LogP contribution in [0.1, 0.15) is 32.1 Å². The molecule has 0 bridgehead atoms. The highest BCUT2D eigenvalue weighted by Gasteiger charge is 2.37. The number of likely N-dealkylation sites (N-methyl/N-ethyl adjacent to an activating group) is 2. The summed E-state index contributed by atoms with van der Waals surface area (Å²) in [6.45, 7) is 0.102. The smallest absolute Gasteiger partial charge is 0.242 e. The predicted octanol–water partition coefficient (Wildman–Crippen LogP) is 0.195. The van der Waals surface area contributed by atoms with Gasteiger partial charge in [0.05, 0.1) is 12.1 Å². The van der Waals surface area contributed by atoms with E-state index < -0.39 is 5.54 Å². The average Bonchev–Trinajstić information content (AvgIpc) is 2.28. The molecule has 0 spiro atoms. The van der Waals surface area contributed by atoms with Crippen LogP contribution in [0, 0.1) is 0 Å². The maximum atomic E-state index is 12.2. The van der Waals surface area contributed by atoms with Crippen LogP contribution in [0.2, 0.25) is 0 Å². The van der Waals surface area contributed by atoms with Gasteiger partial charge in [-0.25, -0.2) is 0 Å². The summed E-state index contributed by atoms with van der Waals surface area (Å²) < 4.78 is 0. The molecule has 0 heterocycles. The van der Waals surface area contributed by atoms with Gasteiger partial charge in [0.25, 0.3) is 0 Å². The number of rotatable bonds is 3. The zero-order valence-corrected chi connectivity index (χ0v) is 11.0. The Labute approximate surface area is 103 Å². The van der Waals surface area contributed by atoms with Gasteiger partial charge in [-0.1, -0.05) is 19.3 Å². The van der Waals surface area contributed by atoms with Crippen LogP contribution in [0.5, 0.6) is 0 Å². The van der Waals surface area contributed by atoms with Crippen LogP contribution in [0.4, 0.5) is 0 Å². The molecule has 5 nitrogen and oxygen atoms in total. The lowest BCUT2D eigenvalue weighted by atomic mass is 9.81. The Kier molecular flexibility index (Phi) is 4.51. The summed E-state index contributed by atoms with van der Waals surface area (Å²) in [5.41, 5.74) is 5.39. The van der Waals surface area contributed by atoms with Crippen molar-refractivity contribution in [1.29, 1.82) is 0 Å². The third kappa shape index (κ3) is 3.43. The molecule has 17 heavy (non-hydrogen) atoms. The van der Waals surface area contributed by atoms with E-state index >= 15 is 0 Å². The van der Waals surface area contributed by atoms with Crippen LogP contribution in [0.15, 0.2) is 0 Å². The van der Waals surface area contributed by atoms with Crippen LogP contribution in [-0.2, 0) is 9.59 Å². The topological polar surface area (TPSA) is 66.6 Å². The highest BCUT2D eigenvalue weighted by atomic mass is 16.2. The fourth-order valence-electron chi connectivity index (χ4n) is 2.19. The lowest BCUT2D eigenvalue weighted by Gasteiger charge is -2.35. The Balaban J connectivity index is 2.59. The fourth-order valence-corrected chi connectivity index (χ4v) is 2.19. The average molecular weight is 241 g/mol. The molecule has 0 saturated heterocycles. The Morgan fingerprint density at radius 3 is 2.12 bits per heavy atom. The van der Waals surface area contributed by atoms with Gasteiger partial charge in [0, 0.05) is 21.1 Å². The zero-order valence-electron chi connectivity index (χ0n) is 11.0. The molecule has 1 saturated carbocycles. The monoisotopic (exact) mass is 241 g/mol. The van der Waals surface area contributed by atoms with Gasteiger partial charge in [-0.05, 0) is 12.8 Å². The number of carbonyl (C=O) groups excluding carboxylic acids is 2. The lowest BCUT2D eigenvalue weighted by Crippen LogP contribution is -2.56. The van der Waals surface area contributed by atoms with Crippen molar-refractivity contribution in [3.8, 4) is 0 Å². The van der Waals surface area contributed by atoms with E-state index in [9.17, 15) is 9.59 Å². The molecule has 2 N–H and O–H groups in total. The number of nitrogens with zero attached hydrogens (tertiary/aromatic N) is 2. The molecule has 0 atom stereocenters. The normalized spacial score (nSPS) is 18.6. The van der Waals surface area contributed by atoms with E-state index in [0.717, 1.165) is 32.1 Å². The molecule has 1 aliphatic carbocycles. The fraction of sp³-hybridized carbons (Fsp3) is 0.833. The van der Waals surface area contributed by atoms with E-state index in [1.165, 1.54) is 9.80 Å². The molecule has 5 heteroatoms. The highest BCUT2D eigenvalue weighted by molar-refractivity contribution is 5.90. The van der Waals surface area contributed by atoms with Crippen molar-refractivity contribution in [1.82, 2.24) is 9.80 Å². The van der Waals surface area contributed by atoms with E-state index in [1.54, 1.807) is 21.1 Å². The first-order valence-corrected chi connectivity index (χ1v) is 6.11. The molecule has 0 aromatic rings. The first-order valence-electron chi connectivity index (χ1n) is 6.11. The lowest BCUT2D eigenvalue weighted by molar-refractivity contribution is -0.142. The van der Waals surface area contributed by atoms with Crippen molar-refractivity contribution in [2.45, 2.75) is 37.6 Å². The van der Waals surface area contributed by atoms with Gasteiger partial charge in [0.1, 0.15) is 0 Å². The van der Waals surface area contributed by atoms with Gasteiger partial charge in [-0.2, -0.15) is 0 Å². The van der Waals surface area contributed by atoms with Crippen LogP contribution in [0.3, 0.4) is 0 Å². The van der Waals surface area contributed by atoms with Gasteiger partial charge in [-0.15, -0.1) is 0 Å². The van der Waals surface area contributed by atoms with Gasteiger partial charge in [0.15, 0.2) is 0 Å². The van der Waals surface area contributed by atoms with E-state index in [1.807, 2.05) is 0 Å². The number of hydrogen-bond acceptors (Lipinski definition) is 3. The molecular formula is C12H23N3O2. The molecule has 0 radical (unpaired) electrons. The largest absolute Gasteiger partial charge is 0.347 e. The Morgan fingerprint density at radius 2 is 1.65 bits per heavy atom. The maximum Gasteiger partial charge on any atom is 0.242 e. The van der Waals surface area contributed by atoms with E-state index in [2.05, 4.69) is 0 Å². The molecule has 0 unspecified atom stereocenters. The molecule has 98 valence electrons. The molecular weight excluding hydrogens is 218 g/mol. The van der Waals surface area contributed by atoms with Gasteiger partial charge in [0.2, 0.25) is 11.8 Å². The molecule has 0 aliphatic heterocycles. The second kappa shape index (κ2) is 5.49. The van der Waals surface area contributed by atoms with Crippen molar-refractivity contribution < 1.29 is 9.59 Å². The summed E-state index contributed by atoms with van der Waals surface area (Å²) in [6, 6.07) is 0. The Hall–Kier alpha value is -1.10. The molecule has 1 fully saturated rings. The number of nitrogens with two attached hydrogens (primary N) is 1. The summed E-state index contributed by atoms with van der Waals surface area (Å²) in [6.07, 6.45) is 4.60. The molecule has 1 rings (SSSR count). The summed E-state index contributed by atoms with van der Waals surface area (Å²) in [7, 11) is 5.01. The van der Waals surface area contributed by atoms with Gasteiger partial charge >= 0.3 is 0 Å². The first kappa shape index (κ1) is 14.0. The molecule has 0 aromatic carbocycles. The summed E-state index contributed by atoms with van der Waals surface area (Å²) in [5.74, 6) is -0.187. The maximum absolute atomic E-state index is 12.2. The summed E-state index contributed by atoms with van der Waals surface area (Å²) >= 11 is 0. The van der Waals surface area contributed by atoms with Crippen molar-refractivity contribution in [2.24, 2.45) is 5.73 Å². The standard InChI is InChI=1S/C12H23N3O2/c1-14(2)10(16)9-15(3)11(17)12(13)7-5-4-6-8-12/h4-9,13H2,1-3H3. The predicted molar refractivity (Wildman–Crippen MR) is 66.3 cm³/mol. The molecule has 0 aromatic heterocycles. The Morgan fingerprint density at radius 1 is 1.12 bits per heavy atom. The molecule has 2 amide bonds. The third-order valence-corrected chi connectivity index (χ3v) is 3.39. The minimum atomic E-state index is -0.750. The van der Waals surface area contributed by atoms with Crippen LogP contribution in [0.25, 0.3) is 0 Å². The van der Waals surface area contributed by atoms with Crippen molar-refractivity contribution >= 4 is 11.8 Å². The first-order chi connectivity index (χ1) is 7.87. The third-order valence-electron chi connectivity index (χ3n) is 3.39. The van der Waals surface area contributed by atoms with E-state index in [0.29, 0.717) is 0 Å².